The lowest BCUT2D eigenvalue weighted by Gasteiger charge is -2.02. The number of carbonyl (C=O) groups is 2. The predicted molar refractivity (Wildman–Crippen MR) is 81.7 cm³/mol. The van der Waals surface area contributed by atoms with Gasteiger partial charge in [0.2, 0.25) is 5.91 Å². The molecule has 3 nitrogen and oxygen atoms in total. The molecule has 0 spiro atoms. The van der Waals surface area contributed by atoms with Gasteiger partial charge in [0.1, 0.15) is 5.78 Å². The average molecular weight is 275 g/mol. The monoisotopic (exact) mass is 275 g/mol. The Bertz CT molecular complexity index is 385. The highest BCUT2D eigenvalue weighted by Crippen LogP contribution is 2.03. The number of hydrogen-bond donors (Lipinski definition) is 1. The standard InChI is InChI=1S/C17H25NO2/c1-14(2)12-16(19)10-8-6-5-7-9-11-18-17(20)13-15(3)4/h14-15H,8,10-13H2,1-4H3,(H,18,20). The highest BCUT2D eigenvalue weighted by molar-refractivity contribution is 5.78. The lowest BCUT2D eigenvalue weighted by Crippen LogP contribution is -2.24. The van der Waals surface area contributed by atoms with Crippen molar-refractivity contribution in [3.8, 4) is 23.7 Å². The van der Waals surface area contributed by atoms with Crippen LogP contribution in [0.2, 0.25) is 0 Å². The molecule has 3 heteroatoms. The molecule has 0 fully saturated rings. The summed E-state index contributed by atoms with van der Waals surface area (Å²) in [5, 5.41) is 2.71. The summed E-state index contributed by atoms with van der Waals surface area (Å²) >= 11 is 0. The zero-order valence-corrected chi connectivity index (χ0v) is 13.0. The molecule has 0 atom stereocenters. The summed E-state index contributed by atoms with van der Waals surface area (Å²) in [6, 6.07) is 0. The molecule has 0 aliphatic rings. The van der Waals surface area contributed by atoms with E-state index in [1.165, 1.54) is 0 Å². The first kappa shape index (κ1) is 18.3. The van der Waals surface area contributed by atoms with Crippen LogP contribution in [0.4, 0.5) is 0 Å². The van der Waals surface area contributed by atoms with Crippen LogP contribution >= 0.6 is 0 Å². The molecule has 0 unspecified atom stereocenters. The van der Waals surface area contributed by atoms with Crippen LogP contribution in [0.15, 0.2) is 0 Å². The fourth-order valence-electron chi connectivity index (χ4n) is 1.54. The molecular formula is C17H25NO2. The first-order chi connectivity index (χ1) is 9.41. The molecular weight excluding hydrogens is 250 g/mol. The van der Waals surface area contributed by atoms with Gasteiger partial charge >= 0.3 is 0 Å². The summed E-state index contributed by atoms with van der Waals surface area (Å²) in [5.74, 6) is 12.0. The Morgan fingerprint density at radius 3 is 2.15 bits per heavy atom. The van der Waals surface area contributed by atoms with Crippen molar-refractivity contribution in [1.29, 1.82) is 0 Å². The lowest BCUT2D eigenvalue weighted by molar-refractivity contribution is -0.121. The first-order valence-corrected chi connectivity index (χ1v) is 7.16. The van der Waals surface area contributed by atoms with Gasteiger partial charge in [0.15, 0.2) is 0 Å². The maximum Gasteiger partial charge on any atom is 0.221 e. The van der Waals surface area contributed by atoms with E-state index in [1.807, 2.05) is 27.7 Å². The van der Waals surface area contributed by atoms with Gasteiger partial charge in [0, 0.05) is 25.7 Å². The van der Waals surface area contributed by atoms with Gasteiger partial charge in [-0.2, -0.15) is 0 Å². The highest BCUT2D eigenvalue weighted by Gasteiger charge is 2.03. The maximum absolute atomic E-state index is 11.4. The quantitative estimate of drug-likeness (QED) is 0.726. The number of carbonyl (C=O) groups excluding carboxylic acids is 2. The van der Waals surface area contributed by atoms with Crippen molar-refractivity contribution in [1.82, 2.24) is 5.32 Å². The Morgan fingerprint density at radius 2 is 1.55 bits per heavy atom. The lowest BCUT2D eigenvalue weighted by atomic mass is 10.0. The molecule has 20 heavy (non-hydrogen) atoms. The SMILES string of the molecule is CC(C)CC(=O)CCC#CC#CCNC(=O)CC(C)C. The minimum Gasteiger partial charge on any atom is -0.345 e. The summed E-state index contributed by atoms with van der Waals surface area (Å²) in [6.45, 7) is 8.38. The minimum absolute atomic E-state index is 0.0153. The second kappa shape index (κ2) is 11.1. The van der Waals surface area contributed by atoms with Crippen LogP contribution in [-0.4, -0.2) is 18.2 Å². The molecule has 0 aromatic heterocycles. The van der Waals surface area contributed by atoms with Crippen molar-refractivity contribution >= 4 is 11.7 Å². The fraction of sp³-hybridized carbons (Fsp3) is 0.647. The number of rotatable bonds is 7. The van der Waals surface area contributed by atoms with Crippen LogP contribution in [0.1, 0.15) is 53.4 Å². The van der Waals surface area contributed by atoms with Crippen molar-refractivity contribution in [3.05, 3.63) is 0 Å². The molecule has 0 aromatic carbocycles. The second-order valence-corrected chi connectivity index (χ2v) is 5.61. The molecule has 0 saturated carbocycles. The number of Topliss-reactive ketones (excluding diaryl/α,β-unsaturated/α-hetero) is 1. The topological polar surface area (TPSA) is 46.2 Å². The van der Waals surface area contributed by atoms with Crippen LogP contribution in [0.25, 0.3) is 0 Å². The van der Waals surface area contributed by atoms with Gasteiger partial charge < -0.3 is 5.32 Å². The third-order valence-electron chi connectivity index (χ3n) is 2.37. The molecule has 0 saturated heterocycles. The van der Waals surface area contributed by atoms with E-state index in [1.54, 1.807) is 0 Å². The Kier molecular flexibility index (Phi) is 10.2. The number of nitrogens with one attached hydrogen (secondary N) is 1. The van der Waals surface area contributed by atoms with E-state index >= 15 is 0 Å². The van der Waals surface area contributed by atoms with Gasteiger partial charge in [-0.05, 0) is 23.7 Å². The van der Waals surface area contributed by atoms with Crippen LogP contribution < -0.4 is 5.32 Å². The first-order valence-electron chi connectivity index (χ1n) is 7.16. The van der Waals surface area contributed by atoms with Gasteiger partial charge in [-0.25, -0.2) is 0 Å². The Labute approximate surface area is 122 Å². The van der Waals surface area contributed by atoms with Crippen LogP contribution in [0, 0.1) is 35.5 Å². The fourth-order valence-corrected chi connectivity index (χ4v) is 1.54. The third kappa shape index (κ3) is 12.7. The normalized spacial score (nSPS) is 9.50. The van der Waals surface area contributed by atoms with Crippen molar-refractivity contribution in [3.63, 3.8) is 0 Å². The van der Waals surface area contributed by atoms with Crippen molar-refractivity contribution in [2.24, 2.45) is 11.8 Å². The van der Waals surface area contributed by atoms with E-state index < -0.39 is 0 Å². The third-order valence-corrected chi connectivity index (χ3v) is 2.37. The minimum atomic E-state index is 0.0153. The molecule has 0 aromatic rings. The molecule has 1 N–H and O–H groups in total. The van der Waals surface area contributed by atoms with Crippen LogP contribution in [0.5, 0.6) is 0 Å². The summed E-state index contributed by atoms with van der Waals surface area (Å²) in [7, 11) is 0. The van der Waals surface area contributed by atoms with E-state index in [9.17, 15) is 9.59 Å². The van der Waals surface area contributed by atoms with Crippen LogP contribution in [0.3, 0.4) is 0 Å². The van der Waals surface area contributed by atoms with E-state index in [4.69, 9.17) is 0 Å². The van der Waals surface area contributed by atoms with Crippen molar-refractivity contribution in [2.75, 3.05) is 6.54 Å². The van der Waals surface area contributed by atoms with Gasteiger partial charge in [0.25, 0.3) is 0 Å². The number of amides is 1. The Balaban J connectivity index is 3.75. The predicted octanol–water partition coefficient (Wildman–Crippen LogP) is 2.55. The number of hydrogen-bond acceptors (Lipinski definition) is 2. The molecule has 110 valence electrons. The van der Waals surface area contributed by atoms with Gasteiger partial charge in [-0.1, -0.05) is 39.5 Å². The smallest absolute Gasteiger partial charge is 0.221 e. The molecule has 1 amide bonds. The largest absolute Gasteiger partial charge is 0.345 e. The average Bonchev–Trinajstić information content (AvgIpc) is 2.30. The Hall–Kier alpha value is -1.74. The summed E-state index contributed by atoms with van der Waals surface area (Å²) in [6.07, 6.45) is 2.19. The zero-order chi connectivity index (χ0) is 15.4. The van der Waals surface area contributed by atoms with E-state index in [0.717, 1.165) is 0 Å². The number of ketones is 1. The van der Waals surface area contributed by atoms with Crippen molar-refractivity contribution in [2.45, 2.75) is 53.4 Å². The molecule has 0 aliphatic heterocycles. The molecule has 0 bridgehead atoms. The molecule has 0 aliphatic carbocycles. The maximum atomic E-state index is 11.4. The van der Waals surface area contributed by atoms with Gasteiger partial charge in [0.05, 0.1) is 6.54 Å². The zero-order valence-electron chi connectivity index (χ0n) is 13.0. The Morgan fingerprint density at radius 1 is 0.950 bits per heavy atom. The van der Waals surface area contributed by atoms with E-state index in [-0.39, 0.29) is 11.7 Å². The van der Waals surface area contributed by atoms with Gasteiger partial charge in [-0.15, -0.1) is 0 Å². The van der Waals surface area contributed by atoms with Gasteiger partial charge in [-0.3, -0.25) is 9.59 Å². The molecule has 0 heterocycles. The van der Waals surface area contributed by atoms with E-state index in [0.29, 0.717) is 44.1 Å². The van der Waals surface area contributed by atoms with Crippen LogP contribution in [-0.2, 0) is 9.59 Å². The van der Waals surface area contributed by atoms with E-state index in [2.05, 4.69) is 29.0 Å². The summed E-state index contributed by atoms with van der Waals surface area (Å²) in [5.41, 5.74) is 0. The second-order valence-electron chi connectivity index (χ2n) is 5.61. The van der Waals surface area contributed by atoms with Crippen molar-refractivity contribution < 1.29 is 9.59 Å². The summed E-state index contributed by atoms with van der Waals surface area (Å²) < 4.78 is 0. The highest BCUT2D eigenvalue weighted by atomic mass is 16.1. The molecule has 0 radical (unpaired) electrons. The molecule has 0 rings (SSSR count). The summed E-state index contributed by atoms with van der Waals surface area (Å²) in [4.78, 5) is 22.7.